The van der Waals surface area contributed by atoms with Gasteiger partial charge in [0.25, 0.3) is 5.91 Å². The number of rotatable bonds is 12. The molecule has 2 amide bonds. The quantitative estimate of drug-likeness (QED) is 0.113. The molecule has 0 unspecified atom stereocenters. The van der Waals surface area contributed by atoms with E-state index in [1.165, 1.54) is 71.3 Å². The van der Waals surface area contributed by atoms with Gasteiger partial charge in [0.05, 0.1) is 36.0 Å². The lowest BCUT2D eigenvalue weighted by Gasteiger charge is -2.27. The number of hydrogen-bond donors (Lipinski definition) is 3. The highest BCUT2D eigenvalue weighted by atomic mass is 16.5. The normalized spacial score (nSPS) is 10.8. The van der Waals surface area contributed by atoms with Crippen molar-refractivity contribution in [1.29, 1.82) is 0 Å². The molecule has 3 N–H and O–H groups in total. The fraction of sp³-hybridized carbons (Fsp3) is 0.0750. The average molecular weight is 685 g/mol. The van der Waals surface area contributed by atoms with Crippen LogP contribution >= 0.6 is 0 Å². The fourth-order valence-electron chi connectivity index (χ4n) is 5.43. The number of aromatic carboxylic acids is 3. The van der Waals surface area contributed by atoms with Crippen molar-refractivity contribution in [2.24, 2.45) is 0 Å². The lowest BCUT2D eigenvalue weighted by molar-refractivity contribution is -0.115. The molecule has 5 rings (SSSR count). The number of nitrogens with zero attached hydrogens (tertiary/aromatic N) is 2. The van der Waals surface area contributed by atoms with Crippen molar-refractivity contribution in [3.63, 3.8) is 0 Å². The van der Waals surface area contributed by atoms with Gasteiger partial charge in [0.2, 0.25) is 5.91 Å². The molecular formula is C40H32N2O9. The van der Waals surface area contributed by atoms with Crippen molar-refractivity contribution in [1.82, 2.24) is 0 Å². The van der Waals surface area contributed by atoms with Crippen molar-refractivity contribution >= 4 is 58.9 Å². The molecule has 0 bridgehead atoms. The van der Waals surface area contributed by atoms with Crippen LogP contribution in [0.25, 0.3) is 12.2 Å². The number of carboxylic acid groups (broad SMARTS) is 3. The van der Waals surface area contributed by atoms with Gasteiger partial charge < -0.3 is 25.0 Å². The number of amides is 2. The molecule has 5 aromatic carbocycles. The predicted molar refractivity (Wildman–Crippen MR) is 192 cm³/mol. The average Bonchev–Trinajstić information content (AvgIpc) is 3.13. The van der Waals surface area contributed by atoms with Crippen LogP contribution in [0.2, 0.25) is 0 Å². The summed E-state index contributed by atoms with van der Waals surface area (Å²) >= 11 is 0. The van der Waals surface area contributed by atoms with Crippen LogP contribution in [0.4, 0.5) is 17.1 Å². The highest BCUT2D eigenvalue weighted by Gasteiger charge is 2.26. The maximum absolute atomic E-state index is 14.4. The number of anilines is 3. The van der Waals surface area contributed by atoms with Gasteiger partial charge in [-0.3, -0.25) is 14.5 Å². The third kappa shape index (κ3) is 8.18. The molecule has 0 aliphatic carbocycles. The van der Waals surface area contributed by atoms with E-state index in [9.17, 15) is 39.3 Å². The second-order valence-corrected chi connectivity index (χ2v) is 11.3. The number of para-hydroxylation sites is 1. The second-order valence-electron chi connectivity index (χ2n) is 11.3. The van der Waals surface area contributed by atoms with E-state index in [4.69, 9.17) is 4.74 Å². The van der Waals surface area contributed by atoms with E-state index in [1.54, 1.807) is 67.8 Å². The molecule has 11 nitrogen and oxygen atoms in total. The van der Waals surface area contributed by atoms with Gasteiger partial charge in [-0.25, -0.2) is 14.4 Å². The van der Waals surface area contributed by atoms with E-state index >= 15 is 0 Å². The molecule has 0 atom stereocenters. The number of ether oxygens (including phenoxy) is 1. The highest BCUT2D eigenvalue weighted by molar-refractivity contribution is 6.11. The summed E-state index contributed by atoms with van der Waals surface area (Å²) in [6.45, 7) is 1.25. The summed E-state index contributed by atoms with van der Waals surface area (Å²) in [5.74, 6) is -3.73. The third-order valence-electron chi connectivity index (χ3n) is 7.99. The molecule has 0 saturated heterocycles. The molecule has 0 fully saturated rings. The largest absolute Gasteiger partial charge is 0.497 e. The number of benzene rings is 5. The minimum absolute atomic E-state index is 0.0499. The molecule has 0 aliphatic heterocycles. The first kappa shape index (κ1) is 35.3. The predicted octanol–water partition coefficient (Wildman–Crippen LogP) is 7.49. The first-order valence-electron chi connectivity index (χ1n) is 15.5. The van der Waals surface area contributed by atoms with Crippen molar-refractivity contribution < 1.29 is 44.0 Å². The molecule has 11 heteroatoms. The Balaban J connectivity index is 1.58. The Labute approximate surface area is 292 Å². The van der Waals surface area contributed by atoms with E-state index in [0.717, 1.165) is 5.56 Å². The van der Waals surface area contributed by atoms with Crippen molar-refractivity contribution in [2.45, 2.75) is 13.5 Å². The molecular weight excluding hydrogens is 652 g/mol. The Hall–Kier alpha value is -7.01. The van der Waals surface area contributed by atoms with Crippen LogP contribution in [0.15, 0.2) is 115 Å². The van der Waals surface area contributed by atoms with E-state index < -0.39 is 23.8 Å². The molecule has 256 valence electrons. The number of carboxylic acids is 3. The molecule has 0 heterocycles. The van der Waals surface area contributed by atoms with Gasteiger partial charge in [-0.05, 0) is 95.6 Å². The molecule has 0 saturated carbocycles. The van der Waals surface area contributed by atoms with Crippen LogP contribution in [0.5, 0.6) is 5.75 Å². The highest BCUT2D eigenvalue weighted by Crippen LogP contribution is 2.32. The molecule has 0 radical (unpaired) electrons. The number of methoxy groups -OCH3 is 1. The van der Waals surface area contributed by atoms with Gasteiger partial charge >= 0.3 is 17.9 Å². The summed E-state index contributed by atoms with van der Waals surface area (Å²) in [7, 11) is 1.56. The maximum atomic E-state index is 14.4. The van der Waals surface area contributed by atoms with Gasteiger partial charge in [0.1, 0.15) is 5.75 Å². The van der Waals surface area contributed by atoms with Crippen LogP contribution in [0.3, 0.4) is 0 Å². The van der Waals surface area contributed by atoms with Crippen LogP contribution in [-0.2, 0) is 11.3 Å². The zero-order valence-corrected chi connectivity index (χ0v) is 27.5. The first-order valence-corrected chi connectivity index (χ1v) is 15.5. The molecule has 0 spiro atoms. The summed E-state index contributed by atoms with van der Waals surface area (Å²) in [5, 5.41) is 29.0. The SMILES string of the molecule is COc1ccc(/C=C/c2cccc(C(=O)O)c2N(Cc2ccc(C(=O)O)cc2)C(=O)c2ccc(N(C(C)=O)c3ccc(C(=O)O)cc3)cc2)cc1. The summed E-state index contributed by atoms with van der Waals surface area (Å²) in [4.78, 5) is 65.3. The van der Waals surface area contributed by atoms with Crippen molar-refractivity contribution in [3.8, 4) is 5.75 Å². The summed E-state index contributed by atoms with van der Waals surface area (Å²) in [6.07, 6.45) is 3.49. The maximum Gasteiger partial charge on any atom is 0.337 e. The second kappa shape index (κ2) is 15.5. The van der Waals surface area contributed by atoms with Gasteiger partial charge in [0.15, 0.2) is 0 Å². The minimum Gasteiger partial charge on any atom is -0.497 e. The van der Waals surface area contributed by atoms with Crippen molar-refractivity contribution in [3.05, 3.63) is 154 Å². The Morgan fingerprint density at radius 3 is 1.65 bits per heavy atom. The number of carbonyl (C=O) groups excluding carboxylic acids is 2. The van der Waals surface area contributed by atoms with Gasteiger partial charge in [0, 0.05) is 23.9 Å². The zero-order valence-electron chi connectivity index (χ0n) is 27.5. The van der Waals surface area contributed by atoms with E-state index in [0.29, 0.717) is 28.3 Å². The zero-order chi connectivity index (χ0) is 36.7. The van der Waals surface area contributed by atoms with E-state index in [1.807, 2.05) is 12.1 Å². The molecule has 51 heavy (non-hydrogen) atoms. The van der Waals surface area contributed by atoms with Gasteiger partial charge in [-0.1, -0.05) is 48.6 Å². The van der Waals surface area contributed by atoms with Crippen LogP contribution < -0.4 is 14.5 Å². The van der Waals surface area contributed by atoms with Gasteiger partial charge in [-0.15, -0.1) is 0 Å². The van der Waals surface area contributed by atoms with Gasteiger partial charge in [-0.2, -0.15) is 0 Å². The standard InChI is InChI=1S/C40H32N2O9/c1-25(43)42(33-20-16-31(17-21-33)39(47)48)32-18-14-29(15-19-32)37(44)41(24-27-7-12-30(13-8-27)38(45)46)36-28(4-3-5-35(36)40(49)50)11-6-26-9-22-34(51-2)23-10-26/h3-23H,24H2,1-2H3,(H,45,46)(H,47,48)(H,49,50)/b11-6+. The first-order chi connectivity index (χ1) is 24.5. The van der Waals surface area contributed by atoms with E-state index in [-0.39, 0.29) is 40.4 Å². The topological polar surface area (TPSA) is 162 Å². The van der Waals surface area contributed by atoms with Crippen LogP contribution in [0.1, 0.15) is 65.0 Å². The Bertz CT molecular complexity index is 2120. The molecule has 0 aromatic heterocycles. The fourth-order valence-corrected chi connectivity index (χ4v) is 5.43. The van der Waals surface area contributed by atoms with E-state index in [2.05, 4.69) is 0 Å². The smallest absolute Gasteiger partial charge is 0.337 e. The summed E-state index contributed by atoms with van der Waals surface area (Å²) in [6, 6.07) is 29.8. The Kier molecular flexibility index (Phi) is 10.7. The summed E-state index contributed by atoms with van der Waals surface area (Å²) in [5.41, 5.74) is 2.88. The van der Waals surface area contributed by atoms with Crippen molar-refractivity contribution in [2.75, 3.05) is 16.9 Å². The van der Waals surface area contributed by atoms with Crippen LogP contribution in [-0.4, -0.2) is 52.2 Å². The minimum atomic E-state index is -1.26. The summed E-state index contributed by atoms with van der Waals surface area (Å²) < 4.78 is 5.23. The monoisotopic (exact) mass is 684 g/mol. The number of carbonyl (C=O) groups is 5. The Morgan fingerprint density at radius 1 is 0.627 bits per heavy atom. The lowest BCUT2D eigenvalue weighted by Crippen LogP contribution is -2.32. The lowest BCUT2D eigenvalue weighted by atomic mass is 10.0. The van der Waals surface area contributed by atoms with Crippen LogP contribution in [0, 0.1) is 0 Å². The number of hydrogen-bond acceptors (Lipinski definition) is 6. The Morgan fingerprint density at radius 2 is 1.16 bits per heavy atom. The third-order valence-corrected chi connectivity index (χ3v) is 7.99. The molecule has 0 aliphatic rings. The molecule has 5 aromatic rings.